The summed E-state index contributed by atoms with van der Waals surface area (Å²) in [5.74, 6) is 2.70. The number of thioether (sulfide) groups is 1. The van der Waals surface area contributed by atoms with Gasteiger partial charge in [-0.15, -0.1) is 0 Å². The second-order valence-corrected chi connectivity index (χ2v) is 9.77. The lowest BCUT2D eigenvalue weighted by atomic mass is 9.73. The van der Waals surface area contributed by atoms with Crippen LogP contribution in [0.4, 0.5) is 0 Å². The number of carbonyl (C=O) groups excluding carboxylic acids is 1. The summed E-state index contributed by atoms with van der Waals surface area (Å²) in [4.78, 5) is 18.0. The summed E-state index contributed by atoms with van der Waals surface area (Å²) in [5.41, 5.74) is 2.62. The van der Waals surface area contributed by atoms with Gasteiger partial charge in [0.15, 0.2) is 0 Å². The molecule has 5 rings (SSSR count). The molecule has 28 heavy (non-hydrogen) atoms. The minimum absolute atomic E-state index is 0.0157. The summed E-state index contributed by atoms with van der Waals surface area (Å²) in [6.45, 7) is 5.89. The van der Waals surface area contributed by atoms with Gasteiger partial charge in [-0.1, -0.05) is 25.1 Å². The minimum atomic E-state index is 0.0157. The minimum Gasteiger partial charge on any atom is -0.370 e. The molecule has 1 aromatic carbocycles. The van der Waals surface area contributed by atoms with E-state index in [1.165, 1.54) is 22.9 Å². The van der Waals surface area contributed by atoms with E-state index in [0.717, 1.165) is 38.4 Å². The van der Waals surface area contributed by atoms with Gasteiger partial charge in [-0.05, 0) is 35.6 Å². The number of hydrogen-bond donors (Lipinski definition) is 2. The number of aromatic nitrogens is 1. The molecule has 0 unspecified atom stereocenters. The van der Waals surface area contributed by atoms with E-state index in [1.807, 2.05) is 6.20 Å². The number of para-hydroxylation sites is 1. The topological polar surface area (TPSA) is 57.4 Å². The van der Waals surface area contributed by atoms with Crippen LogP contribution >= 0.6 is 11.8 Å². The van der Waals surface area contributed by atoms with Crippen LogP contribution in [0.3, 0.4) is 0 Å². The summed E-state index contributed by atoms with van der Waals surface area (Å²) in [6, 6.07) is 8.67. The Kier molecular flexibility index (Phi) is 4.89. The molecule has 4 atom stereocenters. The molecule has 4 heterocycles. The zero-order chi connectivity index (χ0) is 19.1. The first-order valence-electron chi connectivity index (χ1n) is 10.5. The Morgan fingerprint density at radius 1 is 1.43 bits per heavy atom. The van der Waals surface area contributed by atoms with Crippen molar-refractivity contribution in [1.29, 1.82) is 0 Å². The molecule has 150 valence electrons. The molecule has 0 radical (unpaired) electrons. The molecule has 5 nitrogen and oxygen atoms in total. The van der Waals surface area contributed by atoms with E-state index in [0.29, 0.717) is 23.7 Å². The van der Waals surface area contributed by atoms with Gasteiger partial charge in [0.1, 0.15) is 0 Å². The second-order valence-electron chi connectivity index (χ2n) is 8.50. The Labute approximate surface area is 170 Å². The normalized spacial score (nSPS) is 31.5. The number of aromatic amines is 1. The average molecular weight is 400 g/mol. The summed E-state index contributed by atoms with van der Waals surface area (Å²) in [5, 5.41) is 4.45. The standard InChI is InChI=1S/C22H29N3O2S/c1-2-28-13-20(26)24-10-17-18-12-25(14-22(18)8-6-19(17)27-22)11-16-5-3-4-15-7-9-23-21(15)16/h3-5,7,9,17-19,23H,2,6,8,10-14H2,1H3,(H,24,26)/t17-,18+,19+,22+/m0/s1. The lowest BCUT2D eigenvalue weighted by molar-refractivity contribution is -0.118. The second kappa shape index (κ2) is 7.39. The quantitative estimate of drug-likeness (QED) is 0.751. The highest BCUT2D eigenvalue weighted by atomic mass is 32.2. The molecule has 1 spiro atoms. The lowest BCUT2D eigenvalue weighted by Gasteiger charge is -2.29. The van der Waals surface area contributed by atoms with Crippen LogP contribution in [0, 0.1) is 11.8 Å². The van der Waals surface area contributed by atoms with Gasteiger partial charge < -0.3 is 15.0 Å². The first-order valence-corrected chi connectivity index (χ1v) is 11.6. The number of benzene rings is 1. The van der Waals surface area contributed by atoms with Gasteiger partial charge in [0, 0.05) is 49.7 Å². The number of amides is 1. The Bertz CT molecular complexity index is 868. The molecule has 3 aliphatic heterocycles. The van der Waals surface area contributed by atoms with Crippen LogP contribution in [-0.2, 0) is 16.1 Å². The van der Waals surface area contributed by atoms with Gasteiger partial charge in [-0.25, -0.2) is 0 Å². The molecule has 0 aliphatic carbocycles. The molecular weight excluding hydrogens is 370 g/mol. The number of likely N-dealkylation sites (tertiary alicyclic amines) is 1. The Morgan fingerprint density at radius 3 is 3.25 bits per heavy atom. The highest BCUT2D eigenvalue weighted by Gasteiger charge is 2.62. The van der Waals surface area contributed by atoms with Crippen LogP contribution in [0.1, 0.15) is 25.3 Å². The van der Waals surface area contributed by atoms with Crippen molar-refractivity contribution < 1.29 is 9.53 Å². The first kappa shape index (κ1) is 18.5. The molecule has 2 bridgehead atoms. The fraction of sp³-hybridized carbons (Fsp3) is 0.591. The van der Waals surface area contributed by atoms with Crippen LogP contribution in [-0.4, -0.2) is 58.6 Å². The van der Waals surface area contributed by atoms with Crippen molar-refractivity contribution in [2.45, 2.75) is 38.0 Å². The van der Waals surface area contributed by atoms with Crippen molar-refractivity contribution in [2.75, 3.05) is 31.1 Å². The third-order valence-corrected chi connectivity index (χ3v) is 7.77. The van der Waals surface area contributed by atoms with Crippen molar-refractivity contribution in [3.8, 4) is 0 Å². The zero-order valence-corrected chi connectivity index (χ0v) is 17.3. The SMILES string of the molecule is CCSCC(=O)NC[C@H]1[C@H]2CN(Cc3cccc4cc[nH]c34)C[C@]23CC[C@H]1O3. The van der Waals surface area contributed by atoms with E-state index >= 15 is 0 Å². The Hall–Kier alpha value is -1.50. The highest BCUT2D eigenvalue weighted by Crippen LogP contribution is 2.54. The number of nitrogens with zero attached hydrogens (tertiary/aromatic N) is 1. The van der Waals surface area contributed by atoms with Crippen molar-refractivity contribution in [1.82, 2.24) is 15.2 Å². The van der Waals surface area contributed by atoms with Gasteiger partial charge in [-0.3, -0.25) is 9.69 Å². The van der Waals surface area contributed by atoms with Gasteiger partial charge in [0.2, 0.25) is 5.91 Å². The van der Waals surface area contributed by atoms with E-state index in [2.05, 4.69) is 46.4 Å². The molecule has 3 aliphatic rings. The van der Waals surface area contributed by atoms with E-state index in [1.54, 1.807) is 11.8 Å². The third kappa shape index (κ3) is 3.15. The lowest BCUT2D eigenvalue weighted by Crippen LogP contribution is -2.42. The third-order valence-electron chi connectivity index (χ3n) is 6.89. The maximum Gasteiger partial charge on any atom is 0.230 e. The highest BCUT2D eigenvalue weighted by molar-refractivity contribution is 7.99. The summed E-state index contributed by atoms with van der Waals surface area (Å²) >= 11 is 1.68. The molecule has 2 aromatic rings. The molecule has 1 amide bonds. The summed E-state index contributed by atoms with van der Waals surface area (Å²) in [6.07, 6.45) is 4.66. The number of carbonyl (C=O) groups is 1. The molecule has 0 saturated carbocycles. The van der Waals surface area contributed by atoms with Gasteiger partial charge in [0.25, 0.3) is 0 Å². The van der Waals surface area contributed by atoms with Crippen LogP contribution in [0.25, 0.3) is 10.9 Å². The van der Waals surface area contributed by atoms with Gasteiger partial charge in [-0.2, -0.15) is 11.8 Å². The fourth-order valence-electron chi connectivity index (χ4n) is 5.68. The largest absolute Gasteiger partial charge is 0.370 e. The van der Waals surface area contributed by atoms with Crippen molar-refractivity contribution in [3.63, 3.8) is 0 Å². The van der Waals surface area contributed by atoms with Crippen LogP contribution in [0.15, 0.2) is 30.5 Å². The van der Waals surface area contributed by atoms with E-state index in [4.69, 9.17) is 4.74 Å². The molecular formula is C22H29N3O2S. The van der Waals surface area contributed by atoms with Gasteiger partial charge in [0.05, 0.1) is 17.5 Å². The van der Waals surface area contributed by atoms with Crippen molar-refractivity contribution >= 4 is 28.6 Å². The maximum atomic E-state index is 12.1. The number of hydrogen-bond acceptors (Lipinski definition) is 4. The molecule has 1 aromatic heterocycles. The first-order chi connectivity index (χ1) is 13.7. The number of H-pyrrole nitrogens is 1. The van der Waals surface area contributed by atoms with Crippen LogP contribution < -0.4 is 5.32 Å². The summed E-state index contributed by atoms with van der Waals surface area (Å²) in [7, 11) is 0. The zero-order valence-electron chi connectivity index (χ0n) is 16.4. The predicted octanol–water partition coefficient (Wildman–Crippen LogP) is 3.02. The van der Waals surface area contributed by atoms with Crippen LogP contribution in [0.5, 0.6) is 0 Å². The molecule has 6 heteroatoms. The van der Waals surface area contributed by atoms with E-state index in [-0.39, 0.29) is 11.5 Å². The van der Waals surface area contributed by atoms with Crippen molar-refractivity contribution in [3.05, 3.63) is 36.0 Å². The molecule has 3 fully saturated rings. The number of ether oxygens (including phenoxy) is 1. The number of rotatable bonds is 7. The monoisotopic (exact) mass is 399 g/mol. The Balaban J connectivity index is 1.26. The van der Waals surface area contributed by atoms with Crippen molar-refractivity contribution in [2.24, 2.45) is 11.8 Å². The van der Waals surface area contributed by atoms with E-state index < -0.39 is 0 Å². The van der Waals surface area contributed by atoms with E-state index in [9.17, 15) is 4.79 Å². The Morgan fingerprint density at radius 2 is 2.36 bits per heavy atom. The molecule has 2 N–H and O–H groups in total. The smallest absolute Gasteiger partial charge is 0.230 e. The molecule has 3 saturated heterocycles. The number of nitrogens with one attached hydrogen (secondary N) is 2. The number of fused-ring (bicyclic) bond motifs is 2. The average Bonchev–Trinajstić information content (AvgIpc) is 3.44. The van der Waals surface area contributed by atoms with Crippen LogP contribution in [0.2, 0.25) is 0 Å². The predicted molar refractivity (Wildman–Crippen MR) is 113 cm³/mol. The maximum absolute atomic E-state index is 12.1. The fourth-order valence-corrected chi connectivity index (χ4v) is 6.17. The summed E-state index contributed by atoms with van der Waals surface area (Å²) < 4.78 is 6.54. The van der Waals surface area contributed by atoms with Gasteiger partial charge >= 0.3 is 0 Å².